The first-order valence-corrected chi connectivity index (χ1v) is 3.16. The van der Waals surface area contributed by atoms with E-state index in [1.807, 2.05) is 24.3 Å². The smallest absolute Gasteiger partial charge is 0.191 e. The molecule has 0 aliphatic heterocycles. The molecule has 0 saturated carbocycles. The zero-order chi connectivity index (χ0) is 7.68. The van der Waals surface area contributed by atoms with Crippen molar-refractivity contribution < 1.29 is 4.52 Å². The van der Waals surface area contributed by atoms with E-state index in [4.69, 9.17) is 9.78 Å². The molecule has 52 valence electrons. The van der Waals surface area contributed by atoms with E-state index in [2.05, 4.69) is 5.16 Å². The van der Waals surface area contributed by atoms with Crippen LogP contribution in [0.1, 0.15) is 5.69 Å². The molecule has 3 nitrogen and oxygen atoms in total. The van der Waals surface area contributed by atoms with Crippen molar-refractivity contribution in [2.45, 2.75) is 0 Å². The van der Waals surface area contributed by atoms with E-state index in [-0.39, 0.29) is 0 Å². The molecule has 0 saturated heterocycles. The van der Waals surface area contributed by atoms with Crippen molar-refractivity contribution >= 4 is 11.0 Å². The van der Waals surface area contributed by atoms with Gasteiger partial charge in [-0.1, -0.05) is 17.3 Å². The molecule has 2 aromatic rings. The largest absolute Gasteiger partial charge is 0.355 e. The molecule has 1 aromatic heterocycles. The first kappa shape index (κ1) is 5.93. The predicted molar refractivity (Wildman–Crippen MR) is 38.7 cm³/mol. The highest BCUT2D eigenvalue weighted by atomic mass is 16.5. The minimum atomic E-state index is 0.348. The lowest BCUT2D eigenvalue weighted by molar-refractivity contribution is 0.454. The number of hydrogen-bond acceptors (Lipinski definition) is 3. The van der Waals surface area contributed by atoms with Gasteiger partial charge in [0.15, 0.2) is 11.3 Å². The lowest BCUT2D eigenvalue weighted by Crippen LogP contribution is -1.70. The van der Waals surface area contributed by atoms with Gasteiger partial charge in [0.2, 0.25) is 0 Å². The maximum atomic E-state index is 8.55. The predicted octanol–water partition coefficient (Wildman–Crippen LogP) is 1.70. The second-order valence-electron chi connectivity index (χ2n) is 2.14. The summed E-state index contributed by atoms with van der Waals surface area (Å²) in [5.41, 5.74) is 1.00. The van der Waals surface area contributed by atoms with Gasteiger partial charge in [-0.2, -0.15) is 5.26 Å². The van der Waals surface area contributed by atoms with Crippen molar-refractivity contribution in [1.82, 2.24) is 5.16 Å². The Hall–Kier alpha value is -1.82. The third kappa shape index (κ3) is 0.767. The van der Waals surface area contributed by atoms with Crippen LogP contribution in [0.2, 0.25) is 0 Å². The standard InChI is InChI=1S/C8H4N2O/c9-5-7-6-3-1-2-4-8(6)11-10-7/h1-4H. The fourth-order valence-electron chi connectivity index (χ4n) is 0.967. The van der Waals surface area contributed by atoms with Crippen LogP contribution in [0.15, 0.2) is 28.8 Å². The van der Waals surface area contributed by atoms with Crippen LogP contribution in [0.5, 0.6) is 0 Å². The molecule has 0 bridgehead atoms. The molecule has 3 heteroatoms. The zero-order valence-electron chi connectivity index (χ0n) is 5.61. The van der Waals surface area contributed by atoms with Gasteiger partial charge in [0.05, 0.1) is 5.39 Å². The molecule has 0 aliphatic carbocycles. The van der Waals surface area contributed by atoms with Gasteiger partial charge in [-0.25, -0.2) is 0 Å². The quantitative estimate of drug-likeness (QED) is 0.565. The highest BCUT2D eigenvalue weighted by Crippen LogP contribution is 2.15. The van der Waals surface area contributed by atoms with Gasteiger partial charge < -0.3 is 4.52 Å². The molecule has 1 aromatic carbocycles. The minimum absolute atomic E-state index is 0.348. The summed E-state index contributed by atoms with van der Waals surface area (Å²) in [6, 6.07) is 9.23. The van der Waals surface area contributed by atoms with Gasteiger partial charge in [-0.05, 0) is 12.1 Å². The van der Waals surface area contributed by atoms with E-state index < -0.39 is 0 Å². The highest BCUT2D eigenvalue weighted by Gasteiger charge is 2.03. The molecular weight excluding hydrogens is 140 g/mol. The topological polar surface area (TPSA) is 49.8 Å². The second kappa shape index (κ2) is 2.10. The molecule has 0 amide bonds. The van der Waals surface area contributed by atoms with Gasteiger partial charge in [-0.15, -0.1) is 0 Å². The van der Waals surface area contributed by atoms with Crippen molar-refractivity contribution in [3.8, 4) is 6.07 Å². The van der Waals surface area contributed by atoms with Crippen LogP contribution >= 0.6 is 0 Å². The highest BCUT2D eigenvalue weighted by molar-refractivity contribution is 5.81. The molecule has 0 atom stereocenters. The maximum Gasteiger partial charge on any atom is 0.191 e. The summed E-state index contributed by atoms with van der Waals surface area (Å²) in [4.78, 5) is 0. The first-order chi connectivity index (χ1) is 5.42. The second-order valence-corrected chi connectivity index (χ2v) is 2.14. The van der Waals surface area contributed by atoms with Crippen LogP contribution < -0.4 is 0 Å². The van der Waals surface area contributed by atoms with Crippen molar-refractivity contribution in [3.05, 3.63) is 30.0 Å². The normalized spacial score (nSPS) is 9.73. The number of fused-ring (bicyclic) bond motifs is 1. The monoisotopic (exact) mass is 144 g/mol. The van der Waals surface area contributed by atoms with Crippen LogP contribution in [0, 0.1) is 11.3 Å². The molecule has 0 spiro atoms. The SMILES string of the molecule is N#Cc1noc2ccccc12. The number of hydrogen-bond donors (Lipinski definition) is 0. The molecule has 1 heterocycles. The van der Waals surface area contributed by atoms with E-state index in [9.17, 15) is 0 Å². The summed E-state index contributed by atoms with van der Waals surface area (Å²) in [5, 5.41) is 12.9. The van der Waals surface area contributed by atoms with E-state index in [0.717, 1.165) is 5.39 Å². The summed E-state index contributed by atoms with van der Waals surface area (Å²) >= 11 is 0. The fourth-order valence-corrected chi connectivity index (χ4v) is 0.967. The Morgan fingerprint density at radius 3 is 3.00 bits per heavy atom. The van der Waals surface area contributed by atoms with Gasteiger partial charge in [0.1, 0.15) is 6.07 Å². The van der Waals surface area contributed by atoms with E-state index >= 15 is 0 Å². The lowest BCUT2D eigenvalue weighted by Gasteiger charge is -1.80. The fraction of sp³-hybridized carbons (Fsp3) is 0. The molecule has 0 unspecified atom stereocenters. The molecule has 0 radical (unpaired) electrons. The van der Waals surface area contributed by atoms with Gasteiger partial charge in [-0.3, -0.25) is 0 Å². The first-order valence-electron chi connectivity index (χ1n) is 3.16. The number of aromatic nitrogens is 1. The summed E-state index contributed by atoms with van der Waals surface area (Å²) in [6.07, 6.45) is 0. The van der Waals surface area contributed by atoms with Crippen molar-refractivity contribution in [2.24, 2.45) is 0 Å². The van der Waals surface area contributed by atoms with Gasteiger partial charge in [0, 0.05) is 0 Å². The summed E-state index contributed by atoms with van der Waals surface area (Å²) < 4.78 is 4.87. The van der Waals surface area contributed by atoms with Crippen molar-refractivity contribution in [2.75, 3.05) is 0 Å². The Balaban J connectivity index is 2.89. The number of rotatable bonds is 0. The third-order valence-corrected chi connectivity index (χ3v) is 1.48. The van der Waals surface area contributed by atoms with Crippen LogP contribution in [-0.4, -0.2) is 5.16 Å². The Labute approximate surface area is 62.8 Å². The van der Waals surface area contributed by atoms with Gasteiger partial charge in [0.25, 0.3) is 0 Å². The van der Waals surface area contributed by atoms with Crippen LogP contribution in [0.3, 0.4) is 0 Å². The number of nitrogens with zero attached hydrogens (tertiary/aromatic N) is 2. The Bertz CT molecular complexity index is 425. The third-order valence-electron chi connectivity index (χ3n) is 1.48. The average molecular weight is 144 g/mol. The van der Waals surface area contributed by atoms with Crippen molar-refractivity contribution in [1.29, 1.82) is 5.26 Å². The van der Waals surface area contributed by atoms with Gasteiger partial charge >= 0.3 is 0 Å². The van der Waals surface area contributed by atoms with Crippen LogP contribution in [0.4, 0.5) is 0 Å². The maximum absolute atomic E-state index is 8.55. The number of para-hydroxylation sites is 1. The molecule has 0 fully saturated rings. The Morgan fingerprint density at radius 1 is 1.36 bits per heavy atom. The molecule has 2 rings (SSSR count). The molecule has 0 N–H and O–H groups in total. The zero-order valence-corrected chi connectivity index (χ0v) is 5.61. The molecule has 11 heavy (non-hydrogen) atoms. The number of benzene rings is 1. The molecular formula is C8H4N2O. The Morgan fingerprint density at radius 2 is 2.18 bits per heavy atom. The minimum Gasteiger partial charge on any atom is -0.355 e. The average Bonchev–Trinajstić information content (AvgIpc) is 2.47. The van der Waals surface area contributed by atoms with E-state index in [1.54, 1.807) is 6.07 Å². The Kier molecular flexibility index (Phi) is 1.13. The molecule has 0 aliphatic rings. The summed E-state index contributed by atoms with van der Waals surface area (Å²) in [7, 11) is 0. The lowest BCUT2D eigenvalue weighted by atomic mass is 10.2. The van der Waals surface area contributed by atoms with E-state index in [1.165, 1.54) is 0 Å². The van der Waals surface area contributed by atoms with Crippen LogP contribution in [0.25, 0.3) is 11.0 Å². The van der Waals surface area contributed by atoms with E-state index in [0.29, 0.717) is 11.3 Å². The van der Waals surface area contributed by atoms with Crippen LogP contribution in [-0.2, 0) is 0 Å². The summed E-state index contributed by atoms with van der Waals surface area (Å²) in [6.45, 7) is 0. The summed E-state index contributed by atoms with van der Waals surface area (Å²) in [5.74, 6) is 0. The number of nitriles is 1. The van der Waals surface area contributed by atoms with Crippen molar-refractivity contribution in [3.63, 3.8) is 0 Å².